The molecule has 0 unspecified atom stereocenters. The molecule has 8 rings (SSSR count). The number of methoxy groups -OCH3 is 9. The fourth-order valence-corrected chi connectivity index (χ4v) is 11.2. The number of benzene rings is 5. The number of rotatable bonds is 11. The van der Waals surface area contributed by atoms with Crippen molar-refractivity contribution in [1.82, 2.24) is 20.4 Å². The molecule has 0 saturated carbocycles. The number of nitrogens with one attached hydrogen (secondary N) is 4. The number of esters is 4. The van der Waals surface area contributed by atoms with Gasteiger partial charge in [-0.25, -0.2) is 25.0 Å². The Labute approximate surface area is 572 Å². The topological polar surface area (TPSA) is 332 Å². The Hall–Kier alpha value is -8.81. The number of nitrogen functional groups attached to an aromatic ring is 3. The average molecular weight is 1420 g/mol. The summed E-state index contributed by atoms with van der Waals surface area (Å²) in [6.07, 6.45) is 4.86. The Bertz CT molecular complexity index is 3730. The number of fused-ring (bicyclic) bond motifs is 3. The number of carbonyl (C=O) groups excluding carboxylic acids is 5. The van der Waals surface area contributed by atoms with Gasteiger partial charge in [-0.3, -0.25) is 10.2 Å². The van der Waals surface area contributed by atoms with Gasteiger partial charge in [0.1, 0.15) is 59.1 Å². The van der Waals surface area contributed by atoms with Crippen LogP contribution in [-0.2, 0) is 18.9 Å². The zero-order valence-corrected chi connectivity index (χ0v) is 58.3. The van der Waals surface area contributed by atoms with Gasteiger partial charge in [0.05, 0.1) is 77.6 Å². The van der Waals surface area contributed by atoms with Crippen molar-refractivity contribution in [3.63, 3.8) is 0 Å². The van der Waals surface area contributed by atoms with Crippen molar-refractivity contribution in [3.05, 3.63) is 128 Å². The van der Waals surface area contributed by atoms with E-state index < -0.39 is 28.1 Å². The van der Waals surface area contributed by atoms with Gasteiger partial charge in [-0.2, -0.15) is 0 Å². The van der Waals surface area contributed by atoms with Gasteiger partial charge in [0.2, 0.25) is 0 Å². The normalized spacial score (nSPS) is 9.59. The van der Waals surface area contributed by atoms with Crippen molar-refractivity contribution < 1.29 is 66.6 Å². The first-order valence-electron chi connectivity index (χ1n) is 26.9. The summed E-state index contributed by atoms with van der Waals surface area (Å²) in [5.41, 5.74) is 30.3. The monoisotopic (exact) mass is 1420 g/mol. The van der Waals surface area contributed by atoms with Crippen LogP contribution in [0.15, 0.2) is 83.6 Å². The van der Waals surface area contributed by atoms with Gasteiger partial charge >= 0.3 is 47.9 Å². The fraction of sp³-hybridized carbons (Fsp3) is 0.358. The first-order valence-corrected chi connectivity index (χ1v) is 35.2. The molecule has 3 aromatic heterocycles. The van der Waals surface area contributed by atoms with Crippen molar-refractivity contribution in [2.75, 3.05) is 75.5 Å². The van der Waals surface area contributed by atoms with E-state index in [1.165, 1.54) is 67.8 Å². The number of amides is 1. The molecule has 0 bridgehead atoms. The molecule has 22 nitrogen and oxygen atoms in total. The van der Waals surface area contributed by atoms with Crippen LogP contribution < -0.4 is 57.4 Å². The number of hydrogen-bond acceptors (Lipinski definition) is 18. The fourth-order valence-electron chi connectivity index (χ4n) is 8.35. The minimum absolute atomic E-state index is 0. The van der Waals surface area contributed by atoms with E-state index in [0.29, 0.717) is 72.4 Å². The predicted octanol–water partition coefficient (Wildman–Crippen LogP) is 13.8. The number of ether oxygens (including phenoxy) is 9. The van der Waals surface area contributed by atoms with Gasteiger partial charge in [0.15, 0.2) is 0 Å². The van der Waals surface area contributed by atoms with Gasteiger partial charge in [0, 0.05) is 96.6 Å². The van der Waals surface area contributed by atoms with Crippen molar-refractivity contribution in [2.45, 2.75) is 104 Å². The summed E-state index contributed by atoms with van der Waals surface area (Å²) in [5, 5.41) is 4.35. The molecule has 0 aliphatic heterocycles. The van der Waals surface area contributed by atoms with Crippen LogP contribution in [0.5, 0.6) is 28.7 Å². The van der Waals surface area contributed by atoms with E-state index in [1.54, 1.807) is 61.7 Å². The second-order valence-electron chi connectivity index (χ2n) is 20.8. The van der Waals surface area contributed by atoms with E-state index in [9.17, 15) is 24.0 Å². The van der Waals surface area contributed by atoms with Gasteiger partial charge in [0.25, 0.3) is 5.91 Å². The zero-order valence-electron chi connectivity index (χ0n) is 53.9. The molecule has 5 aromatic carbocycles. The number of hydrazine groups is 1. The van der Waals surface area contributed by atoms with E-state index in [1.807, 2.05) is 45.3 Å². The molecule has 0 aliphatic carbocycles. The van der Waals surface area contributed by atoms with Crippen LogP contribution in [0.1, 0.15) is 113 Å². The third-order valence-electron chi connectivity index (χ3n) is 12.6. The van der Waals surface area contributed by atoms with Crippen LogP contribution >= 0.6 is 28.0 Å². The molecule has 0 radical (unpaired) electrons. The molecule has 518 valence electrons. The summed E-state index contributed by atoms with van der Waals surface area (Å²) in [6, 6.07) is 18.8. The second-order valence-corrected chi connectivity index (χ2v) is 31.7. The Morgan fingerprint density at radius 3 is 1.24 bits per heavy atom. The number of H-pyrrole nitrogens is 3. The van der Waals surface area contributed by atoms with Crippen molar-refractivity contribution in [3.8, 4) is 40.2 Å². The van der Waals surface area contributed by atoms with Crippen LogP contribution in [0.2, 0.25) is 39.3 Å². The Kier molecular flexibility index (Phi) is 42.1. The maximum absolute atomic E-state index is 11.8. The summed E-state index contributed by atoms with van der Waals surface area (Å²) in [4.78, 5) is 67.1. The number of hydrogen-bond donors (Lipinski definition) is 8. The van der Waals surface area contributed by atoms with Gasteiger partial charge < -0.3 is 69.1 Å². The molecule has 0 spiro atoms. The molecular weight excluding hydrogens is 1320 g/mol. The summed E-state index contributed by atoms with van der Waals surface area (Å²) in [7, 11) is 10.4. The Morgan fingerprint density at radius 2 is 0.883 bits per heavy atom. The number of aryl methyl sites for hydroxylation is 3. The standard InChI is InChI=1S/C15H21NO3Si.C12H13NO3.C11H13N3O2.C9H10BrNO3.C9H11NO3.C6H12Si.5CH4.BH2NS/c1-9-10-7-11(15(17)19-3)13(18-2)8-12(10)16-14(9)20(4,5)6;1-7-6-13-10-5-11(15-2)9(4-8(7)10)12(14)16-3;1-6-5-13-9-4-10(16-2)8(3-7(6)9)11(15)14-12;1-13-8-4-7(11)6(10)3-5(8)9(12)14-2;1-12-8-5-6(10)3-4-7(8)9(11)13-2;1-5-6-7(2,3)4;;;;;;2-1-3/h7-8,16H,1-6H3;4-6,13H,1-3H3;3-5,13H,12H2,1-2H3,(H,14,15);3-4H,11H2,1-2H3;3-5H,10H2,1-2H3;1-4H3;5*1H4;2H2. The van der Waals surface area contributed by atoms with E-state index >= 15 is 0 Å². The van der Waals surface area contributed by atoms with Gasteiger partial charge in [-0.05, 0) is 96.7 Å². The molecule has 8 aromatic rings. The molecule has 12 N–H and O–H groups in total. The number of aromatic nitrogens is 3. The van der Waals surface area contributed by atoms with E-state index in [-0.39, 0.29) is 55.0 Å². The number of anilines is 2. The molecule has 27 heteroatoms. The molecule has 3 heterocycles. The Balaban J connectivity index is -0.000000516. The van der Waals surface area contributed by atoms with Crippen LogP contribution in [0.25, 0.3) is 32.7 Å². The van der Waals surface area contributed by atoms with E-state index in [4.69, 9.17) is 50.5 Å². The van der Waals surface area contributed by atoms with Crippen LogP contribution in [0, 0.1) is 32.2 Å². The summed E-state index contributed by atoms with van der Waals surface area (Å²) in [5.74, 6) is 8.40. The van der Waals surface area contributed by atoms with Crippen LogP contribution in [-0.4, -0.2) is 131 Å². The van der Waals surface area contributed by atoms with Crippen LogP contribution in [0.4, 0.5) is 11.4 Å². The van der Waals surface area contributed by atoms with Gasteiger partial charge in [-0.15, -0.1) is 11.5 Å². The number of carbonyl (C=O) groups is 5. The first kappa shape index (κ1) is 91.6. The van der Waals surface area contributed by atoms with Gasteiger partial charge in [-0.1, -0.05) is 76.4 Å². The molecule has 0 fully saturated rings. The predicted molar refractivity (Wildman–Crippen MR) is 399 cm³/mol. The number of halogens is 1. The molecule has 0 atom stereocenters. The molecule has 0 aliphatic rings. The molecule has 0 saturated heterocycles. The third-order valence-corrected chi connectivity index (χ3v) is 16.3. The van der Waals surface area contributed by atoms with E-state index in [2.05, 4.69) is 121 Å². The van der Waals surface area contributed by atoms with Crippen molar-refractivity contribution >= 4 is 130 Å². The van der Waals surface area contributed by atoms with E-state index in [0.717, 1.165) is 50.1 Å². The average Bonchev–Trinajstić information content (AvgIpc) is 1.62. The summed E-state index contributed by atoms with van der Waals surface area (Å²) < 4.78 is 44.9. The second kappa shape index (κ2) is 43.2. The van der Waals surface area contributed by atoms with Crippen molar-refractivity contribution in [2.24, 2.45) is 11.5 Å². The first-order chi connectivity index (χ1) is 41.9. The Morgan fingerprint density at radius 1 is 0.532 bits per heavy atom. The summed E-state index contributed by atoms with van der Waals surface area (Å²) >= 11 is 7.26. The van der Waals surface area contributed by atoms with Crippen molar-refractivity contribution in [1.29, 1.82) is 0 Å². The molecule has 94 heavy (non-hydrogen) atoms. The third kappa shape index (κ3) is 25.6. The quantitative estimate of drug-likeness (QED) is 0.00871. The molecular formula is C67H102BBrN8O14SSi2. The SMILES string of the molecule is C.C.C.C.C.CC#C[Si](C)(C)C.COC(=O)c1cc(Br)c(N)cc1OC.COC(=O)c1cc2c(C)c([Si](C)(C)C)[nH]c2cc1OC.COC(=O)c1cc2c(C)c[nH]c2cc1OC.COC(=O)c1ccc(N)cc1OC.COc1cc2[nH]cc(C)c2cc1C(=O)NN.NB=S. The molecule has 1 amide bonds. The summed E-state index contributed by atoms with van der Waals surface area (Å²) in [6.45, 7) is 21.5. The maximum atomic E-state index is 11.8. The zero-order chi connectivity index (χ0) is 67.7. The number of nitrogens with two attached hydrogens (primary N) is 4. The minimum atomic E-state index is -1.45. The van der Waals surface area contributed by atoms with Crippen LogP contribution in [0.3, 0.4) is 0 Å². The number of aromatic amines is 3.